The van der Waals surface area contributed by atoms with Crippen molar-refractivity contribution in [1.82, 2.24) is 9.78 Å². The van der Waals surface area contributed by atoms with E-state index in [0.29, 0.717) is 27.5 Å². The summed E-state index contributed by atoms with van der Waals surface area (Å²) in [6.45, 7) is 1.78. The number of aryl methyl sites for hydroxylation is 1. The first kappa shape index (κ1) is 17.3. The van der Waals surface area contributed by atoms with Crippen LogP contribution in [-0.2, 0) is 10.2 Å². The maximum atomic E-state index is 13.4. The number of allylic oxidation sites excluding steroid dienone is 1. The molecule has 3 N–H and O–H groups in total. The van der Waals surface area contributed by atoms with E-state index in [9.17, 15) is 10.1 Å². The van der Waals surface area contributed by atoms with Crippen molar-refractivity contribution in [1.29, 1.82) is 5.26 Å². The molecule has 29 heavy (non-hydrogen) atoms. The number of nitrogens with two attached hydrogens (primary N) is 1. The van der Waals surface area contributed by atoms with Crippen molar-refractivity contribution in [2.75, 3.05) is 5.32 Å². The molecule has 0 fully saturated rings. The summed E-state index contributed by atoms with van der Waals surface area (Å²) in [7, 11) is 0. The minimum absolute atomic E-state index is 0.0155. The van der Waals surface area contributed by atoms with Gasteiger partial charge in [0.2, 0.25) is 17.5 Å². The van der Waals surface area contributed by atoms with Gasteiger partial charge in [-0.1, -0.05) is 29.8 Å². The van der Waals surface area contributed by atoms with Crippen LogP contribution in [0.1, 0.15) is 16.8 Å². The Morgan fingerprint density at radius 3 is 2.76 bits per heavy atom. The Labute approximate surface area is 171 Å². The predicted octanol–water partition coefficient (Wildman–Crippen LogP) is 3.16. The van der Waals surface area contributed by atoms with Crippen molar-refractivity contribution >= 4 is 23.2 Å². The van der Waals surface area contributed by atoms with Gasteiger partial charge in [-0.15, -0.1) is 0 Å². The van der Waals surface area contributed by atoms with Gasteiger partial charge in [-0.2, -0.15) is 10.4 Å². The predicted molar refractivity (Wildman–Crippen MR) is 107 cm³/mol. The number of carbonyl (C=O) groups excluding carboxylic acids is 1. The molecule has 3 aromatic rings. The fourth-order valence-electron chi connectivity index (χ4n) is 4.11. The summed E-state index contributed by atoms with van der Waals surface area (Å²) in [5.41, 5.74) is 7.92. The quantitative estimate of drug-likeness (QED) is 0.649. The van der Waals surface area contributed by atoms with E-state index >= 15 is 0 Å². The fourth-order valence-corrected chi connectivity index (χ4v) is 4.28. The van der Waals surface area contributed by atoms with Gasteiger partial charge in [0.05, 0.1) is 22.6 Å². The van der Waals surface area contributed by atoms with E-state index in [1.165, 1.54) is 0 Å². The Hall–Kier alpha value is -3.76. The van der Waals surface area contributed by atoms with Gasteiger partial charge in [-0.25, -0.2) is 4.68 Å². The van der Waals surface area contributed by atoms with Crippen LogP contribution in [0.4, 0.5) is 5.69 Å². The second-order valence-electron chi connectivity index (χ2n) is 6.86. The van der Waals surface area contributed by atoms with Gasteiger partial charge in [-0.3, -0.25) is 4.79 Å². The van der Waals surface area contributed by atoms with Gasteiger partial charge < -0.3 is 15.8 Å². The number of benzene rings is 2. The molecule has 7 nitrogen and oxygen atoms in total. The zero-order valence-corrected chi connectivity index (χ0v) is 16.0. The van der Waals surface area contributed by atoms with Crippen molar-refractivity contribution in [2.45, 2.75) is 12.3 Å². The third kappa shape index (κ3) is 2.12. The first-order valence-electron chi connectivity index (χ1n) is 8.83. The van der Waals surface area contributed by atoms with Crippen molar-refractivity contribution in [3.05, 3.63) is 81.8 Å². The number of amides is 1. The number of nitriles is 1. The van der Waals surface area contributed by atoms with E-state index in [1.54, 1.807) is 29.8 Å². The molecule has 3 heterocycles. The normalized spacial score (nSPS) is 19.4. The minimum Gasteiger partial charge on any atom is -0.425 e. The number of aromatic nitrogens is 2. The maximum absolute atomic E-state index is 13.4. The first-order chi connectivity index (χ1) is 14.0. The Kier molecular flexibility index (Phi) is 3.51. The van der Waals surface area contributed by atoms with E-state index in [-0.39, 0.29) is 23.2 Å². The summed E-state index contributed by atoms with van der Waals surface area (Å²) < 4.78 is 7.44. The molecule has 1 atom stereocenters. The summed E-state index contributed by atoms with van der Waals surface area (Å²) >= 11 is 6.25. The van der Waals surface area contributed by atoms with E-state index in [1.807, 2.05) is 36.4 Å². The van der Waals surface area contributed by atoms with Gasteiger partial charge >= 0.3 is 0 Å². The summed E-state index contributed by atoms with van der Waals surface area (Å²) in [6, 6.07) is 16.4. The molecule has 2 aliphatic heterocycles. The van der Waals surface area contributed by atoms with E-state index < -0.39 is 5.41 Å². The number of ether oxygens (including phenoxy) is 1. The van der Waals surface area contributed by atoms with Gasteiger partial charge in [0.25, 0.3) is 0 Å². The van der Waals surface area contributed by atoms with Crippen LogP contribution in [0.25, 0.3) is 5.69 Å². The summed E-state index contributed by atoms with van der Waals surface area (Å²) in [5, 5.41) is 17.6. The highest BCUT2D eigenvalue weighted by atomic mass is 35.5. The molecule has 2 aliphatic rings. The zero-order valence-electron chi connectivity index (χ0n) is 15.2. The lowest BCUT2D eigenvalue weighted by atomic mass is 9.71. The van der Waals surface area contributed by atoms with Gasteiger partial charge in [0.1, 0.15) is 6.07 Å². The Morgan fingerprint density at radius 1 is 1.28 bits per heavy atom. The van der Waals surface area contributed by atoms with Crippen LogP contribution in [0.2, 0.25) is 5.02 Å². The van der Waals surface area contributed by atoms with Crippen molar-refractivity contribution in [3.8, 4) is 17.6 Å². The number of hydrogen-bond donors (Lipinski definition) is 2. The molecule has 2 aromatic carbocycles. The Morgan fingerprint density at radius 2 is 2.03 bits per heavy atom. The number of para-hydroxylation sites is 1. The number of fused-ring (bicyclic) bond motifs is 4. The second-order valence-corrected chi connectivity index (χ2v) is 7.30. The van der Waals surface area contributed by atoms with Crippen LogP contribution < -0.4 is 15.8 Å². The van der Waals surface area contributed by atoms with Crippen LogP contribution in [0.5, 0.6) is 5.88 Å². The number of nitrogens with zero attached hydrogens (tertiary/aromatic N) is 3. The molecule has 8 heteroatoms. The standard InChI is InChI=1S/C21H14ClN5O2/c1-11-17-19(27(26-11)13-5-3-2-4-6-13)29-16(10-23)18(24)21(17)14-9-12(22)7-8-15(14)25-20(21)28/h2-9H,24H2,1H3,(H,25,28)/t21-/m1/s1. The highest BCUT2D eigenvalue weighted by Crippen LogP contribution is 2.54. The second kappa shape index (κ2) is 5.87. The summed E-state index contributed by atoms with van der Waals surface area (Å²) in [5.74, 6) is -0.236. The third-order valence-corrected chi connectivity index (χ3v) is 5.55. The SMILES string of the molecule is Cc1nn(-c2ccccc2)c2c1[C@@]1(C(=O)Nc3ccc(Cl)cc31)C(N)=C(C#N)O2. The average Bonchev–Trinajstić information content (AvgIpc) is 3.20. The molecule has 0 bridgehead atoms. The summed E-state index contributed by atoms with van der Waals surface area (Å²) in [4.78, 5) is 13.4. The molecule has 0 unspecified atom stereocenters. The highest BCUT2D eigenvalue weighted by Gasteiger charge is 2.58. The molecule has 0 saturated heterocycles. The first-order valence-corrected chi connectivity index (χ1v) is 9.21. The van der Waals surface area contributed by atoms with E-state index in [4.69, 9.17) is 22.1 Å². The van der Waals surface area contributed by atoms with Crippen molar-refractivity contribution in [2.24, 2.45) is 5.73 Å². The van der Waals surface area contributed by atoms with Gasteiger partial charge in [0.15, 0.2) is 5.41 Å². The number of hydrogen-bond acceptors (Lipinski definition) is 5. The van der Waals surface area contributed by atoms with Crippen LogP contribution >= 0.6 is 11.6 Å². The lowest BCUT2D eigenvalue weighted by molar-refractivity contribution is -0.118. The monoisotopic (exact) mass is 403 g/mol. The maximum Gasteiger partial charge on any atom is 0.246 e. The molecule has 0 radical (unpaired) electrons. The highest BCUT2D eigenvalue weighted by molar-refractivity contribution is 6.31. The molecule has 1 aromatic heterocycles. The molecule has 0 saturated carbocycles. The number of carbonyl (C=O) groups is 1. The van der Waals surface area contributed by atoms with Gasteiger partial charge in [0, 0.05) is 16.3 Å². The van der Waals surface area contributed by atoms with Crippen LogP contribution in [0, 0.1) is 18.3 Å². The van der Waals surface area contributed by atoms with Gasteiger partial charge in [-0.05, 0) is 37.3 Å². The van der Waals surface area contributed by atoms with Crippen molar-refractivity contribution in [3.63, 3.8) is 0 Å². The summed E-state index contributed by atoms with van der Waals surface area (Å²) in [6.07, 6.45) is 0. The Balaban J connectivity index is 1.90. The van der Waals surface area contributed by atoms with E-state index in [2.05, 4.69) is 10.4 Å². The molecular weight excluding hydrogens is 390 g/mol. The van der Waals surface area contributed by atoms with Crippen LogP contribution in [-0.4, -0.2) is 15.7 Å². The largest absolute Gasteiger partial charge is 0.425 e. The lowest BCUT2D eigenvalue weighted by Gasteiger charge is -2.32. The minimum atomic E-state index is -1.45. The molecule has 142 valence electrons. The molecule has 5 rings (SSSR count). The zero-order chi connectivity index (χ0) is 20.3. The van der Waals surface area contributed by atoms with Crippen molar-refractivity contribution < 1.29 is 9.53 Å². The molecule has 1 amide bonds. The third-order valence-electron chi connectivity index (χ3n) is 5.32. The smallest absolute Gasteiger partial charge is 0.246 e. The molecular formula is C21H14ClN5O2. The van der Waals surface area contributed by atoms with E-state index in [0.717, 1.165) is 5.69 Å². The Bertz CT molecular complexity index is 1270. The number of nitrogens with one attached hydrogen (secondary N) is 1. The fraction of sp³-hybridized carbons (Fsp3) is 0.0952. The topological polar surface area (TPSA) is 106 Å². The van der Waals surface area contributed by atoms with Crippen LogP contribution in [0.3, 0.4) is 0 Å². The number of anilines is 1. The number of halogens is 1. The van der Waals surface area contributed by atoms with Crippen LogP contribution in [0.15, 0.2) is 60.0 Å². The molecule has 0 aliphatic carbocycles. The average molecular weight is 404 g/mol. The number of rotatable bonds is 1. The lowest BCUT2D eigenvalue weighted by Crippen LogP contribution is -2.44. The molecule has 1 spiro atoms.